The minimum atomic E-state index is -4.20. The van der Waals surface area contributed by atoms with Gasteiger partial charge in [0.15, 0.2) is 11.8 Å². The Morgan fingerprint density at radius 2 is 2.05 bits per heavy atom. The fraction of sp³-hybridized carbons (Fsp3) is 0.769. The first-order valence-corrected chi connectivity index (χ1v) is 7.23. The molecule has 1 aromatic heterocycles. The average molecular weight is 321 g/mol. The van der Waals surface area contributed by atoms with Crippen molar-refractivity contribution in [3.05, 3.63) is 11.7 Å². The second kappa shape index (κ2) is 8.60. The lowest BCUT2D eigenvalue weighted by molar-refractivity contribution is -0.132. The van der Waals surface area contributed by atoms with Crippen LogP contribution in [-0.4, -0.2) is 41.9 Å². The molecule has 1 aromatic rings. The van der Waals surface area contributed by atoms with Crippen molar-refractivity contribution in [2.75, 3.05) is 19.6 Å². The van der Waals surface area contributed by atoms with Gasteiger partial charge in [-0.2, -0.15) is 18.2 Å². The normalized spacial score (nSPS) is 12.8. The van der Waals surface area contributed by atoms with Crippen LogP contribution in [0.1, 0.15) is 44.8 Å². The van der Waals surface area contributed by atoms with Crippen LogP contribution >= 0.6 is 0 Å². The van der Waals surface area contributed by atoms with Crippen molar-refractivity contribution in [3.63, 3.8) is 0 Å². The Morgan fingerprint density at radius 3 is 2.59 bits per heavy atom. The standard InChI is InChI=1S/C13H22F3N5O/c1-4-17-12(19-8-6-13(14,15)16)18-7-5-10-20-11(9(2)3)21-22-10/h9H,4-8H2,1-3H3,(H2,17,18,19). The van der Waals surface area contributed by atoms with Gasteiger partial charge in [-0.3, -0.25) is 4.99 Å². The number of aliphatic imine (C=N–C) groups is 1. The van der Waals surface area contributed by atoms with Gasteiger partial charge in [-0.25, -0.2) is 0 Å². The molecule has 0 aromatic carbocycles. The topological polar surface area (TPSA) is 75.3 Å². The molecule has 0 fully saturated rings. The van der Waals surface area contributed by atoms with Crippen LogP contribution < -0.4 is 10.6 Å². The molecule has 2 N–H and O–H groups in total. The fourth-order valence-electron chi connectivity index (χ4n) is 1.53. The van der Waals surface area contributed by atoms with Gasteiger partial charge < -0.3 is 15.2 Å². The lowest BCUT2D eigenvalue weighted by atomic mass is 10.2. The first-order chi connectivity index (χ1) is 10.3. The van der Waals surface area contributed by atoms with Gasteiger partial charge in [0.05, 0.1) is 13.0 Å². The maximum atomic E-state index is 12.1. The van der Waals surface area contributed by atoms with Crippen LogP contribution in [0.25, 0.3) is 0 Å². The van der Waals surface area contributed by atoms with Gasteiger partial charge in [0.2, 0.25) is 5.89 Å². The molecule has 0 radical (unpaired) electrons. The summed E-state index contributed by atoms with van der Waals surface area (Å²) in [6.45, 7) is 6.46. The number of aromatic nitrogens is 2. The molecule has 0 aliphatic carbocycles. The molecule has 0 aliphatic heterocycles. The van der Waals surface area contributed by atoms with Gasteiger partial charge in [-0.1, -0.05) is 19.0 Å². The van der Waals surface area contributed by atoms with Crippen molar-refractivity contribution in [1.29, 1.82) is 0 Å². The minimum absolute atomic E-state index is 0.187. The van der Waals surface area contributed by atoms with Crippen molar-refractivity contribution in [2.24, 2.45) is 4.99 Å². The summed E-state index contributed by atoms with van der Waals surface area (Å²) in [5.41, 5.74) is 0. The van der Waals surface area contributed by atoms with E-state index in [9.17, 15) is 13.2 Å². The third-order valence-corrected chi connectivity index (χ3v) is 2.64. The number of guanidine groups is 1. The molecule has 9 heteroatoms. The van der Waals surface area contributed by atoms with E-state index in [-0.39, 0.29) is 12.5 Å². The first kappa shape index (κ1) is 18.2. The zero-order valence-electron chi connectivity index (χ0n) is 13.0. The smallest absolute Gasteiger partial charge is 0.357 e. The Morgan fingerprint density at radius 1 is 1.32 bits per heavy atom. The van der Waals surface area contributed by atoms with Gasteiger partial charge >= 0.3 is 6.18 Å². The molecule has 0 saturated heterocycles. The fourth-order valence-corrected chi connectivity index (χ4v) is 1.53. The highest BCUT2D eigenvalue weighted by Crippen LogP contribution is 2.18. The van der Waals surface area contributed by atoms with E-state index < -0.39 is 12.6 Å². The monoisotopic (exact) mass is 321 g/mol. The summed E-state index contributed by atoms with van der Waals surface area (Å²) in [5.74, 6) is 1.66. The molecule has 0 saturated carbocycles. The average Bonchev–Trinajstić information content (AvgIpc) is 2.86. The van der Waals surface area contributed by atoms with Crippen molar-refractivity contribution in [2.45, 2.75) is 45.7 Å². The minimum Gasteiger partial charge on any atom is -0.357 e. The van der Waals surface area contributed by atoms with E-state index in [2.05, 4.69) is 25.8 Å². The molecule has 1 rings (SSSR count). The quantitative estimate of drug-likeness (QED) is 0.595. The number of rotatable bonds is 7. The zero-order valence-corrected chi connectivity index (χ0v) is 13.0. The molecule has 0 bridgehead atoms. The largest absolute Gasteiger partial charge is 0.390 e. The second-order valence-corrected chi connectivity index (χ2v) is 5.00. The maximum Gasteiger partial charge on any atom is 0.390 e. The number of alkyl halides is 3. The molecule has 6 nitrogen and oxygen atoms in total. The van der Waals surface area contributed by atoms with Gasteiger partial charge in [0, 0.05) is 25.4 Å². The van der Waals surface area contributed by atoms with E-state index in [0.29, 0.717) is 37.2 Å². The van der Waals surface area contributed by atoms with Gasteiger partial charge in [-0.15, -0.1) is 0 Å². The Balaban J connectivity index is 2.41. The first-order valence-electron chi connectivity index (χ1n) is 7.23. The molecule has 0 spiro atoms. The van der Waals surface area contributed by atoms with Crippen molar-refractivity contribution < 1.29 is 17.7 Å². The molecule has 0 aliphatic rings. The van der Waals surface area contributed by atoms with Crippen LogP contribution in [0.3, 0.4) is 0 Å². The van der Waals surface area contributed by atoms with E-state index in [1.54, 1.807) is 0 Å². The maximum absolute atomic E-state index is 12.1. The van der Waals surface area contributed by atoms with E-state index in [0.717, 1.165) is 0 Å². The van der Waals surface area contributed by atoms with Crippen LogP contribution in [-0.2, 0) is 6.42 Å². The van der Waals surface area contributed by atoms with Crippen molar-refractivity contribution in [3.8, 4) is 0 Å². The second-order valence-electron chi connectivity index (χ2n) is 5.00. The molecular weight excluding hydrogens is 299 g/mol. The third-order valence-electron chi connectivity index (χ3n) is 2.64. The van der Waals surface area contributed by atoms with Gasteiger partial charge in [0.1, 0.15) is 0 Å². The van der Waals surface area contributed by atoms with Crippen LogP contribution in [0.2, 0.25) is 0 Å². The van der Waals surface area contributed by atoms with E-state index in [4.69, 9.17) is 4.52 Å². The Bertz CT molecular complexity index is 470. The zero-order chi connectivity index (χ0) is 16.6. The predicted molar refractivity (Wildman–Crippen MR) is 76.7 cm³/mol. The Kier molecular flexibility index (Phi) is 7.13. The Hall–Kier alpha value is -1.80. The number of hydrogen-bond donors (Lipinski definition) is 2. The SMILES string of the molecule is CCNC(=NCCC(F)(F)F)NCCc1nc(C(C)C)no1. The number of nitrogens with zero attached hydrogens (tertiary/aromatic N) is 3. The molecule has 0 amide bonds. The summed E-state index contributed by atoms with van der Waals surface area (Å²) in [6.07, 6.45) is -4.66. The van der Waals surface area contributed by atoms with Crippen LogP contribution in [0, 0.1) is 0 Å². The molecular formula is C13H22F3N5O. The highest BCUT2D eigenvalue weighted by atomic mass is 19.4. The highest BCUT2D eigenvalue weighted by Gasteiger charge is 2.26. The lowest BCUT2D eigenvalue weighted by Gasteiger charge is -2.10. The van der Waals surface area contributed by atoms with Gasteiger partial charge in [0.25, 0.3) is 0 Å². The summed E-state index contributed by atoms with van der Waals surface area (Å²) in [5, 5.41) is 9.66. The van der Waals surface area contributed by atoms with Crippen LogP contribution in [0.4, 0.5) is 13.2 Å². The third kappa shape index (κ3) is 7.28. The summed E-state index contributed by atoms with van der Waals surface area (Å²) in [7, 11) is 0. The molecule has 1 heterocycles. The van der Waals surface area contributed by atoms with Crippen LogP contribution in [0.15, 0.2) is 9.52 Å². The Labute approximate surface area is 127 Å². The number of hydrogen-bond acceptors (Lipinski definition) is 4. The molecule has 0 atom stereocenters. The summed E-state index contributed by atoms with van der Waals surface area (Å²) in [6, 6.07) is 0. The highest BCUT2D eigenvalue weighted by molar-refractivity contribution is 5.79. The molecule has 22 heavy (non-hydrogen) atoms. The van der Waals surface area contributed by atoms with Crippen molar-refractivity contribution in [1.82, 2.24) is 20.8 Å². The van der Waals surface area contributed by atoms with E-state index >= 15 is 0 Å². The summed E-state index contributed by atoms with van der Waals surface area (Å²) >= 11 is 0. The summed E-state index contributed by atoms with van der Waals surface area (Å²) in [4.78, 5) is 8.09. The predicted octanol–water partition coefficient (Wildman–Crippen LogP) is 2.24. The molecule has 0 unspecified atom stereocenters. The number of nitrogens with one attached hydrogen (secondary N) is 2. The van der Waals surface area contributed by atoms with Crippen LogP contribution in [0.5, 0.6) is 0 Å². The summed E-state index contributed by atoms with van der Waals surface area (Å²) < 4.78 is 41.4. The van der Waals surface area contributed by atoms with E-state index in [1.165, 1.54) is 0 Å². The van der Waals surface area contributed by atoms with E-state index in [1.807, 2.05) is 20.8 Å². The van der Waals surface area contributed by atoms with Gasteiger partial charge in [-0.05, 0) is 6.92 Å². The lowest BCUT2D eigenvalue weighted by Crippen LogP contribution is -2.38. The van der Waals surface area contributed by atoms with Crippen molar-refractivity contribution >= 4 is 5.96 Å². The molecule has 126 valence electrons. The number of halogens is 3.